The number of rotatable bonds is 7. The molecule has 1 aliphatic carbocycles. The topological polar surface area (TPSA) is 63.3 Å². The SMILES string of the molecule is NCC(CCCc1ccccc1)(C(=O)O)C1CC1. The zero-order valence-corrected chi connectivity index (χ0v) is 10.6. The monoisotopic (exact) mass is 247 g/mol. The largest absolute Gasteiger partial charge is 0.481 e. The van der Waals surface area contributed by atoms with Gasteiger partial charge in [0.05, 0.1) is 5.41 Å². The van der Waals surface area contributed by atoms with Gasteiger partial charge in [0, 0.05) is 6.54 Å². The molecular formula is C15H21NO2. The van der Waals surface area contributed by atoms with Crippen LogP contribution in [0.1, 0.15) is 31.2 Å². The van der Waals surface area contributed by atoms with E-state index in [-0.39, 0.29) is 6.54 Å². The summed E-state index contributed by atoms with van der Waals surface area (Å²) in [4.78, 5) is 11.5. The predicted molar refractivity (Wildman–Crippen MR) is 71.2 cm³/mol. The Bertz CT molecular complexity index is 400. The van der Waals surface area contributed by atoms with E-state index < -0.39 is 11.4 Å². The Balaban J connectivity index is 1.92. The van der Waals surface area contributed by atoms with Gasteiger partial charge in [0.25, 0.3) is 0 Å². The van der Waals surface area contributed by atoms with Gasteiger partial charge in [-0.05, 0) is 43.6 Å². The summed E-state index contributed by atoms with van der Waals surface area (Å²) in [6, 6.07) is 10.2. The minimum Gasteiger partial charge on any atom is -0.481 e. The second kappa shape index (κ2) is 5.53. The van der Waals surface area contributed by atoms with Crippen molar-refractivity contribution < 1.29 is 9.90 Å². The molecule has 1 aromatic carbocycles. The second-order valence-corrected chi connectivity index (χ2v) is 5.28. The first-order valence-electron chi connectivity index (χ1n) is 6.66. The lowest BCUT2D eigenvalue weighted by atomic mass is 9.77. The Kier molecular flexibility index (Phi) is 4.02. The molecule has 0 heterocycles. The molecule has 0 radical (unpaired) electrons. The average molecular weight is 247 g/mol. The number of carboxylic acids is 1. The summed E-state index contributed by atoms with van der Waals surface area (Å²) in [5.41, 5.74) is 6.34. The van der Waals surface area contributed by atoms with Crippen molar-refractivity contribution in [3.05, 3.63) is 35.9 Å². The zero-order chi connectivity index (χ0) is 13.0. The zero-order valence-electron chi connectivity index (χ0n) is 10.6. The highest BCUT2D eigenvalue weighted by Crippen LogP contribution is 2.48. The quantitative estimate of drug-likeness (QED) is 0.778. The van der Waals surface area contributed by atoms with Crippen molar-refractivity contribution in [1.82, 2.24) is 0 Å². The smallest absolute Gasteiger partial charge is 0.311 e. The van der Waals surface area contributed by atoms with E-state index in [0.717, 1.165) is 25.7 Å². The van der Waals surface area contributed by atoms with Crippen molar-refractivity contribution in [2.75, 3.05) is 6.54 Å². The Labute approximate surface area is 108 Å². The summed E-state index contributed by atoms with van der Waals surface area (Å²) in [5.74, 6) is -0.406. The highest BCUT2D eigenvalue weighted by Gasteiger charge is 2.49. The molecule has 1 fully saturated rings. The van der Waals surface area contributed by atoms with Crippen LogP contribution >= 0.6 is 0 Å². The van der Waals surface area contributed by atoms with Gasteiger partial charge < -0.3 is 10.8 Å². The van der Waals surface area contributed by atoms with E-state index in [9.17, 15) is 9.90 Å². The van der Waals surface area contributed by atoms with Crippen LogP contribution in [-0.2, 0) is 11.2 Å². The van der Waals surface area contributed by atoms with Crippen LogP contribution in [0.2, 0.25) is 0 Å². The molecule has 0 saturated heterocycles. The van der Waals surface area contributed by atoms with Gasteiger partial charge in [0.1, 0.15) is 0 Å². The molecule has 2 rings (SSSR count). The van der Waals surface area contributed by atoms with Crippen LogP contribution in [-0.4, -0.2) is 17.6 Å². The molecule has 98 valence electrons. The molecule has 18 heavy (non-hydrogen) atoms. The summed E-state index contributed by atoms with van der Waals surface area (Å²) in [6.07, 6.45) is 4.56. The molecule has 0 spiro atoms. The van der Waals surface area contributed by atoms with E-state index in [2.05, 4.69) is 12.1 Å². The van der Waals surface area contributed by atoms with Crippen LogP contribution < -0.4 is 5.73 Å². The number of nitrogens with two attached hydrogens (primary N) is 1. The van der Waals surface area contributed by atoms with Crippen molar-refractivity contribution >= 4 is 5.97 Å². The third-order valence-corrected chi connectivity index (χ3v) is 4.08. The van der Waals surface area contributed by atoms with Gasteiger partial charge in [-0.3, -0.25) is 4.79 Å². The number of hydrogen-bond acceptors (Lipinski definition) is 2. The third-order valence-electron chi connectivity index (χ3n) is 4.08. The maximum Gasteiger partial charge on any atom is 0.311 e. The van der Waals surface area contributed by atoms with Gasteiger partial charge in [-0.25, -0.2) is 0 Å². The molecule has 1 saturated carbocycles. The molecule has 0 aliphatic heterocycles. The van der Waals surface area contributed by atoms with Crippen molar-refractivity contribution in [2.45, 2.75) is 32.1 Å². The summed E-state index contributed by atoms with van der Waals surface area (Å²) in [7, 11) is 0. The van der Waals surface area contributed by atoms with Gasteiger partial charge in [-0.2, -0.15) is 0 Å². The van der Waals surface area contributed by atoms with Crippen LogP contribution in [0, 0.1) is 11.3 Å². The number of hydrogen-bond donors (Lipinski definition) is 2. The van der Waals surface area contributed by atoms with E-state index in [4.69, 9.17) is 5.73 Å². The molecule has 1 aliphatic rings. The molecule has 3 heteroatoms. The Hall–Kier alpha value is -1.35. The summed E-state index contributed by atoms with van der Waals surface area (Å²) in [6.45, 7) is 0.266. The number of aryl methyl sites for hydroxylation is 1. The van der Waals surface area contributed by atoms with Crippen LogP contribution in [0.5, 0.6) is 0 Å². The lowest BCUT2D eigenvalue weighted by molar-refractivity contribution is -0.150. The van der Waals surface area contributed by atoms with Gasteiger partial charge in [-0.15, -0.1) is 0 Å². The molecule has 3 nitrogen and oxygen atoms in total. The Morgan fingerprint density at radius 1 is 1.33 bits per heavy atom. The highest BCUT2D eigenvalue weighted by molar-refractivity contribution is 5.75. The first kappa shape index (κ1) is 13.1. The highest BCUT2D eigenvalue weighted by atomic mass is 16.4. The molecular weight excluding hydrogens is 226 g/mol. The van der Waals surface area contributed by atoms with Crippen LogP contribution in [0.3, 0.4) is 0 Å². The predicted octanol–water partition coefficient (Wildman–Crippen LogP) is 2.45. The van der Waals surface area contributed by atoms with Crippen molar-refractivity contribution in [1.29, 1.82) is 0 Å². The normalized spacial score (nSPS) is 18.3. The molecule has 3 N–H and O–H groups in total. The van der Waals surface area contributed by atoms with Crippen molar-refractivity contribution in [3.8, 4) is 0 Å². The lowest BCUT2D eigenvalue weighted by Crippen LogP contribution is -2.40. The minimum atomic E-state index is -0.708. The van der Waals surface area contributed by atoms with E-state index in [1.165, 1.54) is 5.56 Å². The summed E-state index contributed by atoms with van der Waals surface area (Å²) < 4.78 is 0. The van der Waals surface area contributed by atoms with Gasteiger partial charge in [-0.1, -0.05) is 30.3 Å². The van der Waals surface area contributed by atoms with Crippen LogP contribution in [0.15, 0.2) is 30.3 Å². The number of benzene rings is 1. The molecule has 0 bridgehead atoms. The summed E-state index contributed by atoms with van der Waals surface area (Å²) >= 11 is 0. The lowest BCUT2D eigenvalue weighted by Gasteiger charge is -2.27. The fourth-order valence-electron chi connectivity index (χ4n) is 2.73. The van der Waals surface area contributed by atoms with E-state index in [1.54, 1.807) is 0 Å². The first-order valence-corrected chi connectivity index (χ1v) is 6.66. The number of aliphatic carboxylic acids is 1. The van der Waals surface area contributed by atoms with E-state index in [0.29, 0.717) is 12.3 Å². The third kappa shape index (κ3) is 2.72. The van der Waals surface area contributed by atoms with Gasteiger partial charge in [0.15, 0.2) is 0 Å². The number of carbonyl (C=O) groups is 1. The Morgan fingerprint density at radius 3 is 2.50 bits per heavy atom. The second-order valence-electron chi connectivity index (χ2n) is 5.28. The van der Waals surface area contributed by atoms with E-state index >= 15 is 0 Å². The fraction of sp³-hybridized carbons (Fsp3) is 0.533. The van der Waals surface area contributed by atoms with Crippen molar-refractivity contribution in [3.63, 3.8) is 0 Å². The van der Waals surface area contributed by atoms with E-state index in [1.807, 2.05) is 18.2 Å². The van der Waals surface area contributed by atoms with Crippen molar-refractivity contribution in [2.24, 2.45) is 17.1 Å². The molecule has 0 amide bonds. The average Bonchev–Trinajstić information content (AvgIpc) is 3.20. The summed E-state index contributed by atoms with van der Waals surface area (Å²) in [5, 5.41) is 9.45. The van der Waals surface area contributed by atoms with Gasteiger partial charge >= 0.3 is 5.97 Å². The fourth-order valence-corrected chi connectivity index (χ4v) is 2.73. The molecule has 1 aromatic rings. The number of carboxylic acid groups (broad SMARTS) is 1. The maximum absolute atomic E-state index is 11.5. The van der Waals surface area contributed by atoms with Crippen LogP contribution in [0.4, 0.5) is 0 Å². The molecule has 1 atom stereocenters. The molecule has 1 unspecified atom stereocenters. The van der Waals surface area contributed by atoms with Gasteiger partial charge in [0.2, 0.25) is 0 Å². The minimum absolute atomic E-state index is 0.266. The Morgan fingerprint density at radius 2 is 2.00 bits per heavy atom. The standard InChI is InChI=1S/C15H21NO2/c16-11-15(14(17)18,13-8-9-13)10-4-7-12-5-2-1-3-6-12/h1-3,5-6,13H,4,7-11,16H2,(H,17,18). The maximum atomic E-state index is 11.5. The van der Waals surface area contributed by atoms with Crippen LogP contribution in [0.25, 0.3) is 0 Å². The molecule has 0 aromatic heterocycles. The first-order chi connectivity index (χ1) is 8.69.